The van der Waals surface area contributed by atoms with E-state index in [2.05, 4.69) is 19.9 Å². The molecule has 1 aliphatic carbocycles. The average molecular weight is 425 g/mol. The minimum absolute atomic E-state index is 0.0623. The van der Waals surface area contributed by atoms with Crippen molar-refractivity contribution in [3.8, 4) is 0 Å². The van der Waals surface area contributed by atoms with Crippen LogP contribution in [0.1, 0.15) is 47.8 Å². The van der Waals surface area contributed by atoms with Gasteiger partial charge in [0.25, 0.3) is 5.91 Å². The molecule has 2 aromatic heterocycles. The van der Waals surface area contributed by atoms with E-state index < -0.39 is 17.8 Å². The van der Waals surface area contributed by atoms with E-state index in [1.54, 1.807) is 30.6 Å². The van der Waals surface area contributed by atoms with Gasteiger partial charge in [-0.15, -0.1) is 5.10 Å². The molecule has 0 spiro atoms. The molecule has 9 heteroatoms. The van der Waals surface area contributed by atoms with Crippen molar-refractivity contribution < 1.29 is 14.0 Å². The van der Waals surface area contributed by atoms with Crippen molar-refractivity contribution in [1.29, 1.82) is 0 Å². The Morgan fingerprint density at radius 3 is 2.60 bits per heavy atom. The Kier molecular flexibility index (Phi) is 6.08. The highest BCUT2D eigenvalue weighted by molar-refractivity contribution is 7.03. The number of nitrogens with one attached hydrogen (secondary N) is 1. The summed E-state index contributed by atoms with van der Waals surface area (Å²) in [4.78, 5) is 32.1. The molecule has 154 valence electrons. The predicted octanol–water partition coefficient (Wildman–Crippen LogP) is 3.52. The lowest BCUT2D eigenvalue weighted by atomic mass is 10.0. The third-order valence-corrected chi connectivity index (χ3v) is 5.62. The standard InChI is InChI=1S/C21H20FN5O2S/c22-15-4-3-7-17(12-15)27(21(29)18-13-30-26-25-18)19(14-8-10-23-11-9-14)20(28)24-16-5-1-2-6-16/h3-4,7-13,16,19H,1-2,5-6H2,(H,24,28)/t19-/m1/s1. The van der Waals surface area contributed by atoms with E-state index in [9.17, 15) is 14.0 Å². The smallest absolute Gasteiger partial charge is 0.280 e. The Bertz CT molecular complexity index is 1010. The SMILES string of the molecule is O=C(NC1CCCC1)[C@@H](c1ccncc1)N(C(=O)c1csnn1)c1cccc(F)c1. The van der Waals surface area contributed by atoms with Crippen molar-refractivity contribution in [3.63, 3.8) is 0 Å². The molecule has 1 fully saturated rings. The maximum atomic E-state index is 14.1. The van der Waals surface area contributed by atoms with Gasteiger partial charge in [-0.25, -0.2) is 4.39 Å². The summed E-state index contributed by atoms with van der Waals surface area (Å²) in [6, 6.07) is 8.03. The zero-order valence-corrected chi connectivity index (χ0v) is 16.9. The van der Waals surface area contributed by atoms with Gasteiger partial charge in [-0.3, -0.25) is 19.5 Å². The molecule has 1 aliphatic rings. The first-order valence-corrected chi connectivity index (χ1v) is 10.5. The summed E-state index contributed by atoms with van der Waals surface area (Å²) >= 11 is 1.03. The molecule has 1 saturated carbocycles. The molecule has 2 heterocycles. The van der Waals surface area contributed by atoms with Crippen molar-refractivity contribution in [2.45, 2.75) is 37.8 Å². The summed E-state index contributed by atoms with van der Waals surface area (Å²) < 4.78 is 17.8. The zero-order chi connectivity index (χ0) is 20.9. The second kappa shape index (κ2) is 9.08. The van der Waals surface area contributed by atoms with E-state index in [1.165, 1.54) is 28.5 Å². The van der Waals surface area contributed by atoms with Crippen LogP contribution in [0.5, 0.6) is 0 Å². The summed E-state index contributed by atoms with van der Waals surface area (Å²) in [7, 11) is 0. The fraction of sp³-hybridized carbons (Fsp3) is 0.286. The number of anilines is 1. The van der Waals surface area contributed by atoms with Crippen LogP contribution in [0.4, 0.5) is 10.1 Å². The normalized spacial score (nSPS) is 15.0. The first-order valence-electron chi connectivity index (χ1n) is 9.70. The van der Waals surface area contributed by atoms with Crippen molar-refractivity contribution in [3.05, 3.63) is 71.2 Å². The second-order valence-corrected chi connectivity index (χ2v) is 7.73. The van der Waals surface area contributed by atoms with Gasteiger partial charge in [0.2, 0.25) is 5.91 Å². The van der Waals surface area contributed by atoms with E-state index in [-0.39, 0.29) is 23.3 Å². The Balaban J connectivity index is 1.79. The number of carbonyl (C=O) groups is 2. The highest BCUT2D eigenvalue weighted by Crippen LogP contribution is 2.30. The van der Waals surface area contributed by atoms with Crippen LogP contribution in [-0.2, 0) is 4.79 Å². The van der Waals surface area contributed by atoms with Gasteiger partial charge in [-0.05, 0) is 60.3 Å². The van der Waals surface area contributed by atoms with Gasteiger partial charge in [0.15, 0.2) is 5.69 Å². The number of carbonyl (C=O) groups excluding carboxylic acids is 2. The molecule has 0 saturated heterocycles. The van der Waals surface area contributed by atoms with Crippen molar-refractivity contribution in [2.24, 2.45) is 0 Å². The fourth-order valence-electron chi connectivity index (χ4n) is 3.70. The minimum Gasteiger partial charge on any atom is -0.351 e. The second-order valence-electron chi connectivity index (χ2n) is 7.12. The first kappa shape index (κ1) is 20.1. The van der Waals surface area contributed by atoms with Crippen LogP contribution in [0.2, 0.25) is 0 Å². The van der Waals surface area contributed by atoms with Gasteiger partial charge in [0.1, 0.15) is 11.9 Å². The maximum Gasteiger partial charge on any atom is 0.280 e. The highest BCUT2D eigenvalue weighted by atomic mass is 32.1. The lowest BCUT2D eigenvalue weighted by molar-refractivity contribution is -0.123. The van der Waals surface area contributed by atoms with Crippen molar-refractivity contribution in [2.75, 3.05) is 4.90 Å². The van der Waals surface area contributed by atoms with E-state index in [0.717, 1.165) is 37.2 Å². The first-order chi connectivity index (χ1) is 14.6. The summed E-state index contributed by atoms with van der Waals surface area (Å²) in [6.45, 7) is 0. The largest absolute Gasteiger partial charge is 0.351 e. The molecule has 0 aliphatic heterocycles. The summed E-state index contributed by atoms with van der Waals surface area (Å²) in [6.07, 6.45) is 7.04. The average Bonchev–Trinajstić information content (AvgIpc) is 3.46. The fourth-order valence-corrected chi connectivity index (χ4v) is 4.13. The number of rotatable bonds is 6. The van der Waals surface area contributed by atoms with Crippen LogP contribution >= 0.6 is 11.5 Å². The molecule has 0 bridgehead atoms. The predicted molar refractivity (Wildman–Crippen MR) is 110 cm³/mol. The topological polar surface area (TPSA) is 88.1 Å². The molecule has 1 atom stereocenters. The molecule has 0 unspecified atom stereocenters. The van der Waals surface area contributed by atoms with Gasteiger partial charge >= 0.3 is 0 Å². The van der Waals surface area contributed by atoms with Gasteiger partial charge in [0, 0.05) is 29.5 Å². The molecular formula is C21H20FN5O2S. The molecule has 30 heavy (non-hydrogen) atoms. The lowest BCUT2D eigenvalue weighted by Crippen LogP contribution is -2.46. The number of hydrogen-bond acceptors (Lipinski definition) is 6. The van der Waals surface area contributed by atoms with E-state index >= 15 is 0 Å². The third kappa shape index (κ3) is 4.35. The Labute approximate surface area is 177 Å². The number of pyridine rings is 1. The van der Waals surface area contributed by atoms with Gasteiger partial charge in [-0.1, -0.05) is 23.4 Å². The highest BCUT2D eigenvalue weighted by Gasteiger charge is 2.35. The van der Waals surface area contributed by atoms with Crippen molar-refractivity contribution in [1.82, 2.24) is 19.9 Å². The Hall–Kier alpha value is -3.20. The van der Waals surface area contributed by atoms with E-state index in [0.29, 0.717) is 5.56 Å². The molecule has 4 rings (SSSR count). The molecule has 1 aromatic carbocycles. The maximum absolute atomic E-state index is 14.1. The number of hydrogen-bond donors (Lipinski definition) is 1. The minimum atomic E-state index is -1.01. The lowest BCUT2D eigenvalue weighted by Gasteiger charge is -2.31. The zero-order valence-electron chi connectivity index (χ0n) is 16.1. The number of benzene rings is 1. The summed E-state index contributed by atoms with van der Waals surface area (Å²) in [5.41, 5.74) is 0.926. The van der Waals surface area contributed by atoms with Crippen LogP contribution in [0.3, 0.4) is 0 Å². The van der Waals surface area contributed by atoms with Crippen LogP contribution in [0.15, 0.2) is 54.2 Å². The number of nitrogens with zero attached hydrogens (tertiary/aromatic N) is 4. The van der Waals surface area contributed by atoms with Gasteiger partial charge in [0.05, 0.1) is 0 Å². The van der Waals surface area contributed by atoms with Crippen LogP contribution < -0.4 is 10.2 Å². The number of halogens is 1. The van der Waals surface area contributed by atoms with Crippen LogP contribution in [0, 0.1) is 5.82 Å². The number of aromatic nitrogens is 3. The Morgan fingerprint density at radius 2 is 1.93 bits per heavy atom. The third-order valence-electron chi connectivity index (χ3n) is 5.11. The van der Waals surface area contributed by atoms with E-state index in [1.807, 2.05) is 0 Å². The van der Waals surface area contributed by atoms with Gasteiger partial charge < -0.3 is 5.32 Å². The molecule has 1 N–H and O–H groups in total. The van der Waals surface area contributed by atoms with Crippen LogP contribution in [0.25, 0.3) is 0 Å². The van der Waals surface area contributed by atoms with Crippen molar-refractivity contribution >= 4 is 29.0 Å². The molecule has 3 aromatic rings. The Morgan fingerprint density at radius 1 is 1.17 bits per heavy atom. The summed E-state index contributed by atoms with van der Waals surface area (Å²) in [5, 5.41) is 8.43. The molecular weight excluding hydrogens is 405 g/mol. The molecule has 2 amide bonds. The molecule has 0 radical (unpaired) electrons. The monoisotopic (exact) mass is 425 g/mol. The quantitative estimate of drug-likeness (QED) is 0.653. The summed E-state index contributed by atoms with van der Waals surface area (Å²) in [5.74, 6) is -1.36. The molecule has 7 nitrogen and oxygen atoms in total. The van der Waals surface area contributed by atoms with Crippen LogP contribution in [-0.4, -0.2) is 32.4 Å². The van der Waals surface area contributed by atoms with E-state index in [4.69, 9.17) is 0 Å². The number of amides is 2. The van der Waals surface area contributed by atoms with Gasteiger partial charge in [-0.2, -0.15) is 0 Å².